The predicted molar refractivity (Wildman–Crippen MR) is 91.1 cm³/mol. The minimum absolute atomic E-state index is 0.346. The summed E-state index contributed by atoms with van der Waals surface area (Å²) in [5, 5.41) is 5.41. The molecule has 2 amide bonds. The van der Waals surface area contributed by atoms with E-state index in [1.165, 1.54) is 0 Å². The van der Waals surface area contributed by atoms with Gasteiger partial charge in [-0.1, -0.05) is 42.5 Å². The number of thiocarbonyl (C=S) groups is 1. The smallest absolute Gasteiger partial charge is 0.324 e. The summed E-state index contributed by atoms with van der Waals surface area (Å²) in [6.07, 6.45) is 0. The lowest BCUT2D eigenvalue weighted by Crippen LogP contribution is -2.33. The molecular weight excluding hydrogens is 282 g/mol. The third-order valence-electron chi connectivity index (χ3n) is 2.90. The Morgan fingerprint density at radius 1 is 1.00 bits per heavy atom. The van der Waals surface area contributed by atoms with E-state index in [-0.39, 0.29) is 6.03 Å². The fraction of sp³-hybridized carbons (Fsp3) is 0.125. The van der Waals surface area contributed by atoms with Crippen molar-refractivity contribution in [2.45, 2.75) is 0 Å². The average molecular weight is 299 g/mol. The Kier molecular flexibility index (Phi) is 4.90. The second kappa shape index (κ2) is 6.85. The molecule has 2 N–H and O–H groups in total. The van der Waals surface area contributed by atoms with Gasteiger partial charge in [0, 0.05) is 31.0 Å². The van der Waals surface area contributed by atoms with Crippen LogP contribution in [0.25, 0.3) is 0 Å². The largest absolute Gasteiger partial charge is 0.378 e. The van der Waals surface area contributed by atoms with Gasteiger partial charge in [-0.15, -0.1) is 0 Å². The van der Waals surface area contributed by atoms with Crippen molar-refractivity contribution < 1.29 is 4.79 Å². The summed E-state index contributed by atoms with van der Waals surface area (Å²) < 4.78 is 0. The fourth-order valence-electron chi connectivity index (χ4n) is 1.77. The van der Waals surface area contributed by atoms with Gasteiger partial charge in [0.2, 0.25) is 0 Å². The van der Waals surface area contributed by atoms with Gasteiger partial charge in [-0.3, -0.25) is 5.32 Å². The van der Waals surface area contributed by atoms with Crippen molar-refractivity contribution in [3.63, 3.8) is 0 Å². The first kappa shape index (κ1) is 15.0. The minimum atomic E-state index is -0.346. The highest BCUT2D eigenvalue weighted by Gasteiger charge is 2.06. The molecule has 21 heavy (non-hydrogen) atoms. The number of rotatable bonds is 3. The van der Waals surface area contributed by atoms with Crippen molar-refractivity contribution >= 4 is 34.6 Å². The van der Waals surface area contributed by atoms with Crippen LogP contribution in [0.3, 0.4) is 0 Å². The molecule has 0 aliphatic carbocycles. The number of nitrogens with one attached hydrogen (secondary N) is 2. The van der Waals surface area contributed by atoms with Crippen LogP contribution >= 0.6 is 12.2 Å². The minimum Gasteiger partial charge on any atom is -0.378 e. The molecule has 2 aromatic carbocycles. The van der Waals surface area contributed by atoms with E-state index in [0.717, 1.165) is 11.3 Å². The highest BCUT2D eigenvalue weighted by molar-refractivity contribution is 7.80. The summed E-state index contributed by atoms with van der Waals surface area (Å²) in [7, 11) is 3.93. The number of hydrogen-bond acceptors (Lipinski definition) is 3. The molecule has 0 spiro atoms. The SMILES string of the molecule is CN(C)c1ccc(NC(=O)NC(=S)c2ccccc2)cc1. The molecule has 0 saturated heterocycles. The lowest BCUT2D eigenvalue weighted by atomic mass is 10.2. The van der Waals surface area contributed by atoms with Crippen LogP contribution in [0, 0.1) is 0 Å². The van der Waals surface area contributed by atoms with Crippen LogP contribution in [0.1, 0.15) is 5.56 Å². The van der Waals surface area contributed by atoms with Gasteiger partial charge in [0.25, 0.3) is 0 Å². The molecule has 5 heteroatoms. The summed E-state index contributed by atoms with van der Waals surface area (Å²) in [5.41, 5.74) is 2.60. The van der Waals surface area contributed by atoms with Gasteiger partial charge in [0.05, 0.1) is 0 Å². The Morgan fingerprint density at radius 3 is 2.19 bits per heavy atom. The Bertz CT molecular complexity index is 624. The number of hydrogen-bond donors (Lipinski definition) is 2. The summed E-state index contributed by atoms with van der Waals surface area (Å²) in [5.74, 6) is 0. The van der Waals surface area contributed by atoms with Crippen molar-refractivity contribution in [2.75, 3.05) is 24.3 Å². The second-order valence-corrected chi connectivity index (χ2v) is 5.12. The lowest BCUT2D eigenvalue weighted by molar-refractivity contribution is 0.256. The van der Waals surface area contributed by atoms with Crippen LogP contribution < -0.4 is 15.5 Å². The van der Waals surface area contributed by atoms with Crippen LogP contribution in [-0.2, 0) is 0 Å². The number of amides is 2. The van der Waals surface area contributed by atoms with E-state index >= 15 is 0 Å². The Morgan fingerprint density at radius 2 is 1.62 bits per heavy atom. The molecule has 2 rings (SSSR count). The van der Waals surface area contributed by atoms with Crippen LogP contribution in [0.2, 0.25) is 0 Å². The molecule has 0 fully saturated rings. The van der Waals surface area contributed by atoms with Gasteiger partial charge < -0.3 is 10.2 Å². The van der Waals surface area contributed by atoms with Gasteiger partial charge in [-0.25, -0.2) is 4.79 Å². The second-order valence-electron chi connectivity index (χ2n) is 4.72. The third-order valence-corrected chi connectivity index (χ3v) is 3.24. The van der Waals surface area contributed by atoms with E-state index in [0.29, 0.717) is 10.7 Å². The molecule has 108 valence electrons. The first-order valence-electron chi connectivity index (χ1n) is 6.51. The first-order chi connectivity index (χ1) is 10.1. The first-order valence-corrected chi connectivity index (χ1v) is 6.92. The quantitative estimate of drug-likeness (QED) is 0.855. The maximum atomic E-state index is 11.9. The summed E-state index contributed by atoms with van der Waals surface area (Å²) in [4.78, 5) is 14.3. The molecule has 0 aliphatic rings. The molecule has 0 heterocycles. The number of carbonyl (C=O) groups excluding carboxylic acids is 1. The zero-order chi connectivity index (χ0) is 15.2. The van der Waals surface area contributed by atoms with Gasteiger partial charge in [-0.05, 0) is 24.3 Å². The average Bonchev–Trinajstić information content (AvgIpc) is 2.48. The Hall–Kier alpha value is -2.40. The lowest BCUT2D eigenvalue weighted by Gasteiger charge is -2.13. The maximum Gasteiger partial charge on any atom is 0.324 e. The van der Waals surface area contributed by atoms with Crippen LogP contribution in [0.4, 0.5) is 16.2 Å². The highest BCUT2D eigenvalue weighted by Crippen LogP contribution is 2.15. The molecule has 0 unspecified atom stereocenters. The monoisotopic (exact) mass is 299 g/mol. The number of anilines is 2. The van der Waals surface area contributed by atoms with Crippen LogP contribution in [0.15, 0.2) is 54.6 Å². The molecule has 0 radical (unpaired) electrons. The van der Waals surface area contributed by atoms with E-state index in [1.54, 1.807) is 0 Å². The standard InChI is InChI=1S/C16H17N3OS/c1-19(2)14-10-8-13(9-11-14)17-16(20)18-15(21)12-6-4-3-5-7-12/h3-11H,1-2H3,(H2,17,18,20,21). The fourth-order valence-corrected chi connectivity index (χ4v) is 2.00. The van der Waals surface area contributed by atoms with E-state index in [1.807, 2.05) is 73.6 Å². The van der Waals surface area contributed by atoms with E-state index in [9.17, 15) is 4.79 Å². The van der Waals surface area contributed by atoms with Crippen molar-refractivity contribution in [1.82, 2.24) is 5.32 Å². The van der Waals surface area contributed by atoms with Crippen LogP contribution in [0.5, 0.6) is 0 Å². The number of benzene rings is 2. The van der Waals surface area contributed by atoms with E-state index in [2.05, 4.69) is 10.6 Å². The molecule has 0 saturated carbocycles. The van der Waals surface area contributed by atoms with Crippen molar-refractivity contribution in [3.05, 3.63) is 60.2 Å². The van der Waals surface area contributed by atoms with Gasteiger partial charge in [-0.2, -0.15) is 0 Å². The summed E-state index contributed by atoms with van der Waals surface area (Å²) in [6.45, 7) is 0. The number of carbonyl (C=O) groups is 1. The molecule has 4 nitrogen and oxygen atoms in total. The Labute approximate surface area is 129 Å². The summed E-state index contributed by atoms with van der Waals surface area (Å²) >= 11 is 5.19. The van der Waals surface area contributed by atoms with Crippen molar-refractivity contribution in [1.29, 1.82) is 0 Å². The van der Waals surface area contributed by atoms with Crippen LogP contribution in [-0.4, -0.2) is 25.1 Å². The predicted octanol–water partition coefficient (Wildman–Crippen LogP) is 3.25. The van der Waals surface area contributed by atoms with Gasteiger partial charge in [0.15, 0.2) is 0 Å². The zero-order valence-electron chi connectivity index (χ0n) is 12.0. The maximum absolute atomic E-state index is 11.9. The molecular formula is C16H17N3OS. The topological polar surface area (TPSA) is 44.4 Å². The number of nitrogens with zero attached hydrogens (tertiary/aromatic N) is 1. The van der Waals surface area contributed by atoms with Gasteiger partial charge in [0.1, 0.15) is 4.99 Å². The molecule has 0 aliphatic heterocycles. The molecule has 0 bridgehead atoms. The normalized spacial score (nSPS) is 9.81. The van der Waals surface area contributed by atoms with Gasteiger partial charge >= 0.3 is 6.03 Å². The molecule has 2 aromatic rings. The van der Waals surface area contributed by atoms with Crippen molar-refractivity contribution in [3.8, 4) is 0 Å². The van der Waals surface area contributed by atoms with E-state index < -0.39 is 0 Å². The van der Waals surface area contributed by atoms with E-state index in [4.69, 9.17) is 12.2 Å². The number of urea groups is 1. The zero-order valence-corrected chi connectivity index (χ0v) is 12.8. The Balaban J connectivity index is 1.94. The third kappa shape index (κ3) is 4.29. The summed E-state index contributed by atoms with van der Waals surface area (Å²) in [6, 6.07) is 16.6. The highest BCUT2D eigenvalue weighted by atomic mass is 32.1. The molecule has 0 atom stereocenters. The molecule has 0 aromatic heterocycles. The van der Waals surface area contributed by atoms with Crippen molar-refractivity contribution in [2.24, 2.45) is 0 Å².